The summed E-state index contributed by atoms with van der Waals surface area (Å²) in [6, 6.07) is 0.395. The highest BCUT2D eigenvalue weighted by Crippen LogP contribution is 2.20. The van der Waals surface area contributed by atoms with E-state index in [-0.39, 0.29) is 0 Å². The summed E-state index contributed by atoms with van der Waals surface area (Å²) in [5, 5.41) is 10.5. The Hall–Kier alpha value is -1.94. The minimum absolute atomic E-state index is 0.395. The van der Waals surface area contributed by atoms with Crippen LogP contribution in [0.4, 0.5) is 19.0 Å². The Morgan fingerprint density at radius 1 is 1.35 bits per heavy atom. The summed E-state index contributed by atoms with van der Waals surface area (Å²) in [5.74, 6) is -1.75. The number of halogens is 3. The lowest BCUT2D eigenvalue weighted by molar-refractivity contribution is -0.192. The number of alkyl halides is 3. The Labute approximate surface area is 150 Å². The second-order valence-electron chi connectivity index (χ2n) is 6.08. The summed E-state index contributed by atoms with van der Waals surface area (Å²) in [4.78, 5) is 20.2. The zero-order valence-corrected chi connectivity index (χ0v) is 15.1. The van der Waals surface area contributed by atoms with Crippen LogP contribution in [0.25, 0.3) is 0 Å². The third-order valence-corrected chi connectivity index (χ3v) is 3.66. The van der Waals surface area contributed by atoms with Crippen LogP contribution >= 0.6 is 0 Å². The van der Waals surface area contributed by atoms with Crippen molar-refractivity contribution >= 4 is 11.8 Å². The number of carboxylic acids is 1. The van der Waals surface area contributed by atoms with Crippen molar-refractivity contribution in [3.05, 3.63) is 17.6 Å². The first-order valence-electron chi connectivity index (χ1n) is 8.25. The molecule has 2 heterocycles. The average Bonchev–Trinajstić information content (AvgIpc) is 2.75. The molecule has 0 bridgehead atoms. The quantitative estimate of drug-likeness (QED) is 0.810. The lowest BCUT2D eigenvalue weighted by Gasteiger charge is -2.18. The van der Waals surface area contributed by atoms with Crippen molar-refractivity contribution in [3.63, 3.8) is 0 Å². The van der Waals surface area contributed by atoms with Gasteiger partial charge in [-0.3, -0.25) is 0 Å². The summed E-state index contributed by atoms with van der Waals surface area (Å²) in [5.41, 5.74) is 2.48. The Morgan fingerprint density at radius 3 is 2.50 bits per heavy atom. The van der Waals surface area contributed by atoms with Gasteiger partial charge in [0, 0.05) is 44.8 Å². The molecule has 0 radical (unpaired) electrons. The van der Waals surface area contributed by atoms with Crippen molar-refractivity contribution in [1.82, 2.24) is 14.9 Å². The summed E-state index contributed by atoms with van der Waals surface area (Å²) >= 11 is 0. The summed E-state index contributed by atoms with van der Waals surface area (Å²) in [6.07, 6.45) is -1.41. The first kappa shape index (κ1) is 22.1. The molecule has 7 nitrogen and oxygen atoms in total. The van der Waals surface area contributed by atoms with Gasteiger partial charge in [0.05, 0.1) is 12.3 Å². The van der Waals surface area contributed by atoms with Gasteiger partial charge in [0.1, 0.15) is 12.1 Å². The van der Waals surface area contributed by atoms with Crippen LogP contribution in [0.5, 0.6) is 0 Å². The van der Waals surface area contributed by atoms with Crippen molar-refractivity contribution < 1.29 is 27.8 Å². The first-order chi connectivity index (χ1) is 12.1. The second kappa shape index (κ2) is 10.3. The van der Waals surface area contributed by atoms with Crippen molar-refractivity contribution in [2.24, 2.45) is 0 Å². The lowest BCUT2D eigenvalue weighted by Crippen LogP contribution is -2.29. The van der Waals surface area contributed by atoms with E-state index in [1.165, 1.54) is 11.3 Å². The minimum atomic E-state index is -5.08. The molecule has 10 heteroatoms. The van der Waals surface area contributed by atoms with Gasteiger partial charge in [-0.25, -0.2) is 14.8 Å². The van der Waals surface area contributed by atoms with Crippen molar-refractivity contribution in [3.8, 4) is 0 Å². The van der Waals surface area contributed by atoms with Crippen LogP contribution < -0.4 is 5.32 Å². The lowest BCUT2D eigenvalue weighted by atomic mass is 10.1. The van der Waals surface area contributed by atoms with Gasteiger partial charge >= 0.3 is 12.1 Å². The van der Waals surface area contributed by atoms with Gasteiger partial charge in [-0.1, -0.05) is 0 Å². The highest BCUT2D eigenvalue weighted by atomic mass is 19.4. The van der Waals surface area contributed by atoms with E-state index >= 15 is 0 Å². The molecule has 148 valence electrons. The highest BCUT2D eigenvalue weighted by molar-refractivity contribution is 5.73. The van der Waals surface area contributed by atoms with Crippen LogP contribution in [-0.4, -0.2) is 71.5 Å². The van der Waals surface area contributed by atoms with Gasteiger partial charge in [-0.2, -0.15) is 13.2 Å². The second-order valence-corrected chi connectivity index (χ2v) is 6.08. The maximum atomic E-state index is 10.6. The number of hydrogen-bond donors (Lipinski definition) is 2. The van der Waals surface area contributed by atoms with Gasteiger partial charge in [-0.05, 0) is 20.3 Å². The summed E-state index contributed by atoms with van der Waals surface area (Å²) < 4.78 is 36.9. The zero-order chi connectivity index (χ0) is 19.7. The summed E-state index contributed by atoms with van der Waals surface area (Å²) in [7, 11) is 1.75. The predicted octanol–water partition coefficient (Wildman–Crippen LogP) is 1.98. The molecule has 1 aliphatic heterocycles. The topological polar surface area (TPSA) is 87.6 Å². The number of anilines is 1. The smallest absolute Gasteiger partial charge is 0.475 e. The van der Waals surface area contributed by atoms with Crippen LogP contribution in [0.2, 0.25) is 0 Å². The molecule has 0 atom stereocenters. The number of carbonyl (C=O) groups is 1. The maximum Gasteiger partial charge on any atom is 0.490 e. The maximum absolute atomic E-state index is 10.6. The van der Waals surface area contributed by atoms with E-state index in [0.29, 0.717) is 6.04 Å². The van der Waals surface area contributed by atoms with Crippen molar-refractivity contribution in [2.75, 3.05) is 38.7 Å². The number of nitrogens with zero attached hydrogens (tertiary/aromatic N) is 3. The monoisotopic (exact) mass is 378 g/mol. The molecule has 0 spiro atoms. The molecule has 0 aromatic carbocycles. The van der Waals surface area contributed by atoms with Gasteiger partial charge in [0.25, 0.3) is 0 Å². The fourth-order valence-corrected chi connectivity index (χ4v) is 2.41. The number of aromatic nitrogens is 2. The van der Waals surface area contributed by atoms with Crippen LogP contribution in [-0.2, 0) is 22.4 Å². The molecular formula is C16H25F3N4O3. The molecule has 1 aromatic heterocycles. The first-order valence-corrected chi connectivity index (χ1v) is 8.25. The Balaban J connectivity index is 0.000000412. The number of aliphatic carboxylic acids is 1. The molecule has 1 aromatic rings. The third-order valence-electron chi connectivity index (χ3n) is 3.66. The van der Waals surface area contributed by atoms with E-state index in [4.69, 9.17) is 14.6 Å². The normalized spacial score (nSPS) is 14.9. The molecule has 0 saturated carbocycles. The third kappa shape index (κ3) is 7.52. The fraction of sp³-hybridized carbons (Fsp3) is 0.688. The van der Waals surface area contributed by atoms with Gasteiger partial charge in [-0.15, -0.1) is 0 Å². The number of fused-ring (bicyclic) bond motifs is 1. The number of rotatable bonds is 5. The van der Waals surface area contributed by atoms with Gasteiger partial charge < -0.3 is 20.1 Å². The molecule has 0 unspecified atom stereocenters. The van der Waals surface area contributed by atoms with Crippen LogP contribution in [0.3, 0.4) is 0 Å². The number of methoxy groups -OCH3 is 1. The number of carboxylic acid groups (broad SMARTS) is 1. The zero-order valence-electron chi connectivity index (χ0n) is 15.1. The van der Waals surface area contributed by atoms with Gasteiger partial charge in [0.2, 0.25) is 0 Å². The largest absolute Gasteiger partial charge is 0.490 e. The molecule has 26 heavy (non-hydrogen) atoms. The summed E-state index contributed by atoms with van der Waals surface area (Å²) in [6.45, 7) is 8.15. The predicted molar refractivity (Wildman–Crippen MR) is 90.2 cm³/mol. The van der Waals surface area contributed by atoms with Crippen LogP contribution in [0, 0.1) is 0 Å². The van der Waals surface area contributed by atoms with E-state index in [1.54, 1.807) is 13.4 Å². The van der Waals surface area contributed by atoms with Gasteiger partial charge in [0.15, 0.2) is 0 Å². The Bertz CT molecular complexity index is 582. The van der Waals surface area contributed by atoms with E-state index < -0.39 is 12.1 Å². The molecule has 2 rings (SSSR count). The van der Waals surface area contributed by atoms with Crippen LogP contribution in [0.15, 0.2) is 6.33 Å². The molecule has 0 saturated heterocycles. The van der Waals surface area contributed by atoms with E-state index in [2.05, 4.69) is 34.0 Å². The van der Waals surface area contributed by atoms with E-state index in [9.17, 15) is 13.2 Å². The van der Waals surface area contributed by atoms with E-state index in [0.717, 1.165) is 44.9 Å². The highest BCUT2D eigenvalue weighted by Gasteiger charge is 2.38. The minimum Gasteiger partial charge on any atom is -0.475 e. The Morgan fingerprint density at radius 2 is 1.96 bits per heavy atom. The van der Waals surface area contributed by atoms with Crippen molar-refractivity contribution in [2.45, 2.75) is 38.9 Å². The molecule has 1 aliphatic rings. The standard InChI is InChI=1S/C14H24N4O.C2HF3O2/c1-11(2)17-14-12-4-6-18(8-9-19-3)7-5-13(12)15-10-16-14;3-2(4,5)1(6)7/h10-11H,4-9H2,1-3H3,(H,15,16,17);(H,6,7). The molecule has 2 N–H and O–H groups in total. The molecule has 0 amide bonds. The fourth-order valence-electron chi connectivity index (χ4n) is 2.41. The number of hydrogen-bond acceptors (Lipinski definition) is 6. The molecule has 0 fully saturated rings. The van der Waals surface area contributed by atoms with E-state index in [1.807, 2.05) is 0 Å². The SMILES string of the molecule is COCCN1CCc2ncnc(NC(C)C)c2CC1.O=C(O)C(F)(F)F. The van der Waals surface area contributed by atoms with Crippen molar-refractivity contribution in [1.29, 1.82) is 0 Å². The number of nitrogens with one attached hydrogen (secondary N) is 1. The average molecular weight is 378 g/mol. The van der Waals surface area contributed by atoms with Crippen LogP contribution in [0.1, 0.15) is 25.1 Å². The Kier molecular flexibility index (Phi) is 8.73. The number of ether oxygens (including phenoxy) is 1. The molecule has 0 aliphatic carbocycles. The molecular weight excluding hydrogens is 353 g/mol.